The molecule has 1 atom stereocenters. The Balaban J connectivity index is 1.67. The van der Waals surface area contributed by atoms with E-state index < -0.39 is 15.9 Å². The number of nitrogens with zero attached hydrogens (tertiary/aromatic N) is 3. The summed E-state index contributed by atoms with van der Waals surface area (Å²) < 4.78 is 41.5. The molecule has 1 fully saturated rings. The number of aromatic nitrogens is 1. The van der Waals surface area contributed by atoms with Crippen molar-refractivity contribution in [2.75, 3.05) is 27.3 Å². The van der Waals surface area contributed by atoms with Crippen molar-refractivity contribution in [3.63, 3.8) is 0 Å². The summed E-state index contributed by atoms with van der Waals surface area (Å²) in [5.41, 5.74) is 0.844. The smallest absolute Gasteiger partial charge is 0.252 e. The number of sulfonamides is 1. The number of allylic oxidation sites excluding steroid dienone is 1. The third-order valence-corrected chi connectivity index (χ3v) is 10.2. The van der Waals surface area contributed by atoms with Crippen LogP contribution in [-0.4, -0.2) is 50.5 Å². The fraction of sp³-hybridized carbons (Fsp3) is 0.364. The van der Waals surface area contributed by atoms with Crippen molar-refractivity contribution in [2.45, 2.75) is 23.6 Å². The molecule has 1 unspecified atom stereocenters. The number of carbonyl (C=O) groups is 1. The third kappa shape index (κ3) is 4.80. The van der Waals surface area contributed by atoms with Crippen LogP contribution in [-0.2, 0) is 21.4 Å². The van der Waals surface area contributed by atoms with E-state index in [0.717, 1.165) is 21.6 Å². The maximum absolute atomic E-state index is 13.2. The van der Waals surface area contributed by atoms with Gasteiger partial charge in [0.15, 0.2) is 16.3 Å². The minimum atomic E-state index is -3.70. The van der Waals surface area contributed by atoms with Gasteiger partial charge in [0.05, 0.1) is 34.7 Å². The molecule has 0 bridgehead atoms. The van der Waals surface area contributed by atoms with E-state index in [0.29, 0.717) is 46.6 Å². The zero-order valence-corrected chi connectivity index (χ0v) is 21.9. The summed E-state index contributed by atoms with van der Waals surface area (Å²) in [6.07, 6.45) is 2.89. The Morgan fingerprint density at radius 3 is 2.65 bits per heavy atom. The molecule has 1 aliphatic rings. The highest BCUT2D eigenvalue weighted by atomic mass is 35.5. The van der Waals surface area contributed by atoms with Gasteiger partial charge in [-0.1, -0.05) is 29.0 Å². The number of fused-ring (bicyclic) bond motifs is 1. The molecular formula is C22H24ClN3O5S3. The average Bonchev–Trinajstić information content (AvgIpc) is 3.42. The number of piperidine rings is 1. The molecule has 12 heteroatoms. The van der Waals surface area contributed by atoms with Crippen LogP contribution >= 0.6 is 34.3 Å². The van der Waals surface area contributed by atoms with Gasteiger partial charge in [0, 0.05) is 31.8 Å². The summed E-state index contributed by atoms with van der Waals surface area (Å²) in [6, 6.07) is 6.75. The summed E-state index contributed by atoms with van der Waals surface area (Å²) in [4.78, 5) is 18.1. The van der Waals surface area contributed by atoms with Crippen molar-refractivity contribution in [2.24, 2.45) is 10.9 Å². The lowest BCUT2D eigenvalue weighted by Gasteiger charge is -2.29. The van der Waals surface area contributed by atoms with Gasteiger partial charge >= 0.3 is 0 Å². The lowest BCUT2D eigenvalue weighted by atomic mass is 9.99. The Kier molecular flexibility index (Phi) is 7.48. The fourth-order valence-corrected chi connectivity index (χ4v) is 8.11. The Hall–Kier alpha value is -2.18. The SMILES string of the molecule is C=CCn1c(=NC(=O)C2CCCN(S(=O)(=O)c3ccc(Cl)s3)C2)sc2cc(OC)c(OC)cc21. The highest BCUT2D eigenvalue weighted by molar-refractivity contribution is 7.91. The minimum Gasteiger partial charge on any atom is -0.493 e. The number of ether oxygens (including phenoxy) is 2. The van der Waals surface area contributed by atoms with Crippen molar-refractivity contribution in [1.82, 2.24) is 8.87 Å². The Morgan fingerprint density at radius 1 is 1.26 bits per heavy atom. The number of thiophene rings is 1. The van der Waals surface area contributed by atoms with Crippen molar-refractivity contribution < 1.29 is 22.7 Å². The summed E-state index contributed by atoms with van der Waals surface area (Å²) in [6.45, 7) is 4.72. The summed E-state index contributed by atoms with van der Waals surface area (Å²) in [7, 11) is -0.572. The molecule has 1 saturated heterocycles. The van der Waals surface area contributed by atoms with Crippen LogP contribution in [0.5, 0.6) is 11.5 Å². The van der Waals surface area contributed by atoms with Crippen LogP contribution in [0.15, 0.2) is 46.1 Å². The summed E-state index contributed by atoms with van der Waals surface area (Å²) >= 11 is 8.30. The normalized spacial score (nSPS) is 17.7. The van der Waals surface area contributed by atoms with Crippen LogP contribution in [0.25, 0.3) is 10.2 Å². The number of halogens is 1. The van der Waals surface area contributed by atoms with E-state index in [1.165, 1.54) is 21.7 Å². The maximum atomic E-state index is 13.2. The summed E-state index contributed by atoms with van der Waals surface area (Å²) in [5, 5.41) is 0. The van der Waals surface area contributed by atoms with Gasteiger partial charge in [0.25, 0.3) is 15.9 Å². The zero-order chi connectivity index (χ0) is 24.5. The topological polar surface area (TPSA) is 90.2 Å². The van der Waals surface area contributed by atoms with E-state index in [1.54, 1.807) is 26.4 Å². The highest BCUT2D eigenvalue weighted by Crippen LogP contribution is 2.34. The van der Waals surface area contributed by atoms with E-state index in [1.807, 2.05) is 16.7 Å². The Morgan fingerprint density at radius 2 is 2.00 bits per heavy atom. The Labute approximate surface area is 210 Å². The van der Waals surface area contributed by atoms with Crippen molar-refractivity contribution in [3.05, 3.63) is 46.1 Å². The molecule has 1 aromatic carbocycles. The maximum Gasteiger partial charge on any atom is 0.252 e. The van der Waals surface area contributed by atoms with Crippen LogP contribution in [0.4, 0.5) is 0 Å². The number of amides is 1. The van der Waals surface area contributed by atoms with Crippen LogP contribution in [0.1, 0.15) is 12.8 Å². The monoisotopic (exact) mass is 541 g/mol. The van der Waals surface area contributed by atoms with Crippen molar-refractivity contribution >= 4 is 60.4 Å². The number of carbonyl (C=O) groups excluding carboxylic acids is 1. The standard InChI is InChI=1S/C22H24ClN3O5S3/c1-4-9-26-15-11-16(30-2)17(31-3)12-18(15)32-22(26)24-21(27)14-6-5-10-25(13-14)34(28,29)20-8-7-19(23)33-20/h4,7-8,11-12,14H,1,5-6,9-10,13H2,2-3H3. The minimum absolute atomic E-state index is 0.0915. The molecule has 3 heterocycles. The number of hydrogen-bond acceptors (Lipinski definition) is 7. The van der Waals surface area contributed by atoms with Gasteiger partial charge in [-0.3, -0.25) is 4.79 Å². The first-order chi connectivity index (χ1) is 16.3. The van der Waals surface area contributed by atoms with Gasteiger partial charge in [-0.2, -0.15) is 9.30 Å². The predicted octanol–water partition coefficient (Wildman–Crippen LogP) is 4.15. The Bertz CT molecular complexity index is 1410. The fourth-order valence-electron chi connectivity index (χ4n) is 3.90. The first kappa shape index (κ1) is 24.9. The molecule has 4 rings (SSSR count). The van der Waals surface area contributed by atoms with E-state index >= 15 is 0 Å². The molecule has 0 aliphatic carbocycles. The number of hydrogen-bond donors (Lipinski definition) is 0. The molecular weight excluding hydrogens is 518 g/mol. The van der Waals surface area contributed by atoms with Crippen LogP contribution < -0.4 is 14.3 Å². The molecule has 34 heavy (non-hydrogen) atoms. The molecule has 1 amide bonds. The third-order valence-electron chi connectivity index (χ3n) is 5.58. The van der Waals surface area contributed by atoms with E-state index in [-0.39, 0.29) is 16.7 Å². The first-order valence-electron chi connectivity index (χ1n) is 10.5. The molecule has 182 valence electrons. The van der Waals surface area contributed by atoms with Gasteiger partial charge < -0.3 is 14.0 Å². The quantitative estimate of drug-likeness (QED) is 0.419. The number of rotatable bonds is 7. The van der Waals surface area contributed by atoms with E-state index in [9.17, 15) is 13.2 Å². The zero-order valence-electron chi connectivity index (χ0n) is 18.7. The number of benzene rings is 1. The van der Waals surface area contributed by atoms with Gasteiger partial charge in [-0.05, 0) is 25.0 Å². The predicted molar refractivity (Wildman–Crippen MR) is 134 cm³/mol. The molecule has 8 nitrogen and oxygen atoms in total. The number of methoxy groups -OCH3 is 2. The van der Waals surface area contributed by atoms with E-state index in [2.05, 4.69) is 11.6 Å². The first-order valence-corrected chi connectivity index (χ1v) is 13.9. The van der Waals surface area contributed by atoms with Crippen LogP contribution in [0.2, 0.25) is 4.34 Å². The molecule has 0 radical (unpaired) electrons. The summed E-state index contributed by atoms with van der Waals surface area (Å²) in [5.74, 6) is 0.296. The highest BCUT2D eigenvalue weighted by Gasteiger charge is 2.34. The second kappa shape index (κ2) is 10.2. The van der Waals surface area contributed by atoms with Gasteiger partial charge in [0.2, 0.25) is 0 Å². The molecule has 0 spiro atoms. The van der Waals surface area contributed by atoms with Gasteiger partial charge in [-0.25, -0.2) is 8.42 Å². The lowest BCUT2D eigenvalue weighted by Crippen LogP contribution is -2.42. The second-order valence-electron chi connectivity index (χ2n) is 7.67. The lowest BCUT2D eigenvalue weighted by molar-refractivity contribution is -0.122. The molecule has 0 N–H and O–H groups in total. The number of thiazole rings is 1. The van der Waals surface area contributed by atoms with Crippen molar-refractivity contribution in [3.8, 4) is 11.5 Å². The molecule has 0 saturated carbocycles. The van der Waals surface area contributed by atoms with E-state index in [4.69, 9.17) is 21.1 Å². The van der Waals surface area contributed by atoms with Gasteiger partial charge in [0.1, 0.15) is 4.21 Å². The van der Waals surface area contributed by atoms with Crippen LogP contribution in [0, 0.1) is 5.92 Å². The van der Waals surface area contributed by atoms with Crippen LogP contribution in [0.3, 0.4) is 0 Å². The molecule has 1 aliphatic heterocycles. The average molecular weight is 542 g/mol. The van der Waals surface area contributed by atoms with Gasteiger partial charge in [-0.15, -0.1) is 17.9 Å². The molecule has 2 aromatic heterocycles. The second-order valence-corrected chi connectivity index (χ2v) is 12.6. The largest absolute Gasteiger partial charge is 0.493 e. The molecule has 3 aromatic rings. The van der Waals surface area contributed by atoms with Crippen molar-refractivity contribution in [1.29, 1.82) is 0 Å².